The van der Waals surface area contributed by atoms with Gasteiger partial charge in [0.05, 0.1) is 0 Å². The van der Waals surface area contributed by atoms with Crippen LogP contribution in [0.25, 0.3) is 0 Å². The number of halogens is 1. The molecular formula is C16H22BrN3O. The van der Waals surface area contributed by atoms with Crippen LogP contribution in [-0.2, 0) is 10.3 Å². The van der Waals surface area contributed by atoms with Gasteiger partial charge in [-0.05, 0) is 44.0 Å². The number of amides is 1. The Kier molecular flexibility index (Phi) is 3.84. The quantitative estimate of drug-likeness (QED) is 0.854. The first kappa shape index (κ1) is 15.0. The third-order valence-electron chi connectivity index (χ3n) is 4.95. The van der Waals surface area contributed by atoms with Crippen molar-refractivity contribution >= 4 is 21.8 Å². The lowest BCUT2D eigenvalue weighted by Crippen LogP contribution is -2.50. The summed E-state index contributed by atoms with van der Waals surface area (Å²) in [4.78, 5) is 14.8. The zero-order valence-corrected chi connectivity index (χ0v) is 13.9. The molecule has 3 N–H and O–H groups in total. The molecule has 21 heavy (non-hydrogen) atoms. The molecule has 0 radical (unpaired) electrons. The highest BCUT2D eigenvalue weighted by atomic mass is 79.9. The molecule has 2 saturated heterocycles. The molecular weight excluding hydrogens is 330 g/mol. The number of nitrogens with zero attached hydrogens (tertiary/aromatic N) is 1. The zero-order chi connectivity index (χ0) is 15.1. The Morgan fingerprint density at radius 3 is 2.71 bits per heavy atom. The number of carbonyl (C=O) groups excluding carboxylic acids is 1. The summed E-state index contributed by atoms with van der Waals surface area (Å²) in [6.45, 7) is 5.56. The first-order valence-electron chi connectivity index (χ1n) is 7.48. The Morgan fingerprint density at radius 1 is 1.38 bits per heavy atom. The van der Waals surface area contributed by atoms with Crippen LogP contribution >= 0.6 is 15.9 Å². The van der Waals surface area contributed by atoms with Crippen molar-refractivity contribution in [2.45, 2.75) is 25.3 Å². The zero-order valence-electron chi connectivity index (χ0n) is 12.4. The van der Waals surface area contributed by atoms with E-state index >= 15 is 0 Å². The summed E-state index contributed by atoms with van der Waals surface area (Å²) in [5.41, 5.74) is 6.56. The number of benzene rings is 1. The van der Waals surface area contributed by atoms with E-state index in [1.165, 1.54) is 0 Å². The molecule has 2 aliphatic rings. The molecule has 1 aromatic rings. The number of carbonyl (C=O) groups is 1. The summed E-state index contributed by atoms with van der Waals surface area (Å²) in [6.07, 6.45) is 2.25. The minimum Gasteiger partial charge on any atom is -0.340 e. The van der Waals surface area contributed by atoms with E-state index in [0.717, 1.165) is 49.1 Å². The lowest BCUT2D eigenvalue weighted by Gasteiger charge is -2.31. The van der Waals surface area contributed by atoms with Crippen LogP contribution in [0.4, 0.5) is 0 Å². The van der Waals surface area contributed by atoms with Crippen LogP contribution in [0.3, 0.4) is 0 Å². The number of hydrogen-bond donors (Lipinski definition) is 2. The van der Waals surface area contributed by atoms with Crippen LogP contribution in [0.2, 0.25) is 0 Å². The molecule has 114 valence electrons. The van der Waals surface area contributed by atoms with Gasteiger partial charge in [-0.3, -0.25) is 4.79 Å². The van der Waals surface area contributed by atoms with Gasteiger partial charge in [0.1, 0.15) is 5.54 Å². The fraction of sp³-hybridized carbons (Fsp3) is 0.562. The molecule has 0 bridgehead atoms. The van der Waals surface area contributed by atoms with Crippen molar-refractivity contribution in [2.24, 2.45) is 11.1 Å². The van der Waals surface area contributed by atoms with E-state index in [1.807, 2.05) is 36.1 Å². The molecule has 2 unspecified atom stereocenters. The predicted octanol–water partition coefficient (Wildman–Crippen LogP) is 1.84. The van der Waals surface area contributed by atoms with Gasteiger partial charge in [0.25, 0.3) is 0 Å². The highest BCUT2D eigenvalue weighted by Gasteiger charge is 2.45. The molecule has 3 rings (SSSR count). The lowest BCUT2D eigenvalue weighted by molar-refractivity contribution is -0.136. The van der Waals surface area contributed by atoms with E-state index in [9.17, 15) is 4.79 Å². The van der Waals surface area contributed by atoms with Gasteiger partial charge in [-0.1, -0.05) is 28.1 Å². The summed E-state index contributed by atoms with van der Waals surface area (Å²) >= 11 is 3.41. The van der Waals surface area contributed by atoms with Gasteiger partial charge in [-0.2, -0.15) is 0 Å². The van der Waals surface area contributed by atoms with Crippen LogP contribution < -0.4 is 11.1 Å². The number of nitrogens with one attached hydrogen (secondary N) is 1. The molecule has 1 aromatic carbocycles. The summed E-state index contributed by atoms with van der Waals surface area (Å²) < 4.78 is 0.992. The summed E-state index contributed by atoms with van der Waals surface area (Å²) in [6, 6.07) is 7.70. The summed E-state index contributed by atoms with van der Waals surface area (Å²) in [5.74, 6) is 0.0357. The SMILES string of the molecule is CC(N)(C(=O)N1CCC2(CCNC2)C1)c1ccc(Br)cc1. The topological polar surface area (TPSA) is 58.4 Å². The molecule has 2 heterocycles. The average Bonchev–Trinajstić information content (AvgIpc) is 3.09. The molecule has 2 fully saturated rings. The minimum absolute atomic E-state index is 0.0357. The maximum Gasteiger partial charge on any atom is 0.246 e. The van der Waals surface area contributed by atoms with Crippen LogP contribution in [-0.4, -0.2) is 37.0 Å². The van der Waals surface area contributed by atoms with Crippen LogP contribution in [0, 0.1) is 5.41 Å². The third-order valence-corrected chi connectivity index (χ3v) is 5.47. The van der Waals surface area contributed by atoms with Gasteiger partial charge in [-0.15, -0.1) is 0 Å². The molecule has 5 heteroatoms. The number of hydrogen-bond acceptors (Lipinski definition) is 3. The highest BCUT2D eigenvalue weighted by Crippen LogP contribution is 2.37. The number of likely N-dealkylation sites (tertiary alicyclic amines) is 1. The van der Waals surface area contributed by atoms with Crippen LogP contribution in [0.1, 0.15) is 25.3 Å². The van der Waals surface area contributed by atoms with Crippen molar-refractivity contribution in [1.82, 2.24) is 10.2 Å². The fourth-order valence-corrected chi connectivity index (χ4v) is 3.76. The molecule has 0 aliphatic carbocycles. The second-order valence-electron chi connectivity index (χ2n) is 6.61. The largest absolute Gasteiger partial charge is 0.340 e. The first-order chi connectivity index (χ1) is 9.93. The van der Waals surface area contributed by atoms with Gasteiger partial charge < -0.3 is 16.0 Å². The van der Waals surface area contributed by atoms with E-state index < -0.39 is 5.54 Å². The van der Waals surface area contributed by atoms with Gasteiger partial charge in [0, 0.05) is 29.5 Å². The second-order valence-corrected chi connectivity index (χ2v) is 7.53. The first-order valence-corrected chi connectivity index (χ1v) is 8.27. The number of nitrogens with two attached hydrogens (primary N) is 1. The minimum atomic E-state index is -0.960. The Balaban J connectivity index is 1.76. The van der Waals surface area contributed by atoms with Gasteiger partial charge >= 0.3 is 0 Å². The second kappa shape index (κ2) is 5.38. The van der Waals surface area contributed by atoms with E-state index in [0.29, 0.717) is 0 Å². The van der Waals surface area contributed by atoms with Crippen molar-refractivity contribution in [3.8, 4) is 0 Å². The maximum atomic E-state index is 12.9. The molecule has 1 spiro atoms. The smallest absolute Gasteiger partial charge is 0.246 e. The standard InChI is InChI=1S/C16H22BrN3O/c1-15(18,12-2-4-13(17)5-3-12)14(21)20-9-7-16(11-20)6-8-19-10-16/h2-5,19H,6-11,18H2,1H3. The fourth-order valence-electron chi connectivity index (χ4n) is 3.50. The van der Waals surface area contributed by atoms with Crippen LogP contribution in [0.15, 0.2) is 28.7 Å². The Bertz CT molecular complexity index is 535. The lowest BCUT2D eigenvalue weighted by atomic mass is 9.86. The average molecular weight is 352 g/mol. The van der Waals surface area contributed by atoms with Crippen LogP contribution in [0.5, 0.6) is 0 Å². The Labute approximate surface area is 134 Å². The molecule has 0 saturated carbocycles. The summed E-state index contributed by atoms with van der Waals surface area (Å²) in [5, 5.41) is 3.42. The third kappa shape index (κ3) is 2.74. The molecule has 1 amide bonds. The van der Waals surface area contributed by atoms with E-state index in [2.05, 4.69) is 21.2 Å². The van der Waals surface area contributed by atoms with Gasteiger partial charge in [0.15, 0.2) is 0 Å². The van der Waals surface area contributed by atoms with Crippen molar-refractivity contribution in [2.75, 3.05) is 26.2 Å². The van der Waals surface area contributed by atoms with Gasteiger partial charge in [-0.25, -0.2) is 0 Å². The Morgan fingerprint density at radius 2 is 2.10 bits per heavy atom. The molecule has 2 aliphatic heterocycles. The van der Waals surface area contributed by atoms with E-state index in [1.54, 1.807) is 0 Å². The van der Waals surface area contributed by atoms with Gasteiger partial charge in [0.2, 0.25) is 5.91 Å². The maximum absolute atomic E-state index is 12.9. The Hall–Kier alpha value is -0.910. The molecule has 4 nitrogen and oxygen atoms in total. The highest BCUT2D eigenvalue weighted by molar-refractivity contribution is 9.10. The van der Waals surface area contributed by atoms with Crippen molar-refractivity contribution in [1.29, 1.82) is 0 Å². The number of rotatable bonds is 2. The predicted molar refractivity (Wildman–Crippen MR) is 86.8 cm³/mol. The molecule has 2 atom stereocenters. The van der Waals surface area contributed by atoms with E-state index in [4.69, 9.17) is 5.73 Å². The van der Waals surface area contributed by atoms with Crippen molar-refractivity contribution < 1.29 is 4.79 Å². The van der Waals surface area contributed by atoms with Crippen molar-refractivity contribution in [3.63, 3.8) is 0 Å². The summed E-state index contributed by atoms with van der Waals surface area (Å²) in [7, 11) is 0. The monoisotopic (exact) mass is 351 g/mol. The molecule has 0 aromatic heterocycles. The normalized spacial score (nSPS) is 28.0. The van der Waals surface area contributed by atoms with Crippen molar-refractivity contribution in [3.05, 3.63) is 34.3 Å². The van der Waals surface area contributed by atoms with E-state index in [-0.39, 0.29) is 11.3 Å².